The SMILES string of the molecule is CCc1ccccc1N(C(C)=O)c1nc(COc2ccc([N+](=O)[O-])cc2C=O)cs1. The van der Waals surface area contributed by atoms with E-state index in [9.17, 15) is 19.7 Å². The lowest BCUT2D eigenvalue weighted by atomic mass is 10.1. The maximum absolute atomic E-state index is 12.3. The van der Waals surface area contributed by atoms with Gasteiger partial charge in [0.2, 0.25) is 5.91 Å². The zero-order valence-corrected chi connectivity index (χ0v) is 17.2. The first-order valence-corrected chi connectivity index (χ1v) is 10.0. The van der Waals surface area contributed by atoms with Crippen LogP contribution in [0.4, 0.5) is 16.5 Å². The van der Waals surface area contributed by atoms with Gasteiger partial charge in [0.25, 0.3) is 5.69 Å². The number of benzene rings is 2. The molecule has 1 aromatic heterocycles. The highest BCUT2D eigenvalue weighted by atomic mass is 32.1. The Morgan fingerprint density at radius 2 is 2.07 bits per heavy atom. The number of nitrogens with zero attached hydrogens (tertiary/aromatic N) is 3. The Morgan fingerprint density at radius 3 is 2.73 bits per heavy atom. The molecule has 0 bridgehead atoms. The molecule has 3 rings (SSSR count). The number of non-ortho nitro benzene ring substituents is 1. The minimum absolute atomic E-state index is 0.0519. The fraction of sp³-hybridized carbons (Fsp3) is 0.190. The van der Waals surface area contributed by atoms with E-state index in [-0.39, 0.29) is 29.5 Å². The number of aldehydes is 1. The number of aryl methyl sites for hydroxylation is 1. The molecular weight excluding hydrogens is 406 g/mol. The van der Waals surface area contributed by atoms with Crippen molar-refractivity contribution in [1.29, 1.82) is 0 Å². The maximum Gasteiger partial charge on any atom is 0.270 e. The van der Waals surface area contributed by atoms with Crippen LogP contribution in [-0.2, 0) is 17.8 Å². The third kappa shape index (κ3) is 4.52. The topological polar surface area (TPSA) is 103 Å². The Balaban J connectivity index is 1.81. The van der Waals surface area contributed by atoms with Gasteiger partial charge in [-0.15, -0.1) is 11.3 Å². The molecule has 0 atom stereocenters. The van der Waals surface area contributed by atoms with Crippen LogP contribution >= 0.6 is 11.3 Å². The monoisotopic (exact) mass is 425 g/mol. The second kappa shape index (κ2) is 9.27. The highest BCUT2D eigenvalue weighted by Crippen LogP contribution is 2.32. The molecule has 0 radical (unpaired) electrons. The molecule has 154 valence electrons. The van der Waals surface area contributed by atoms with Gasteiger partial charge in [0.1, 0.15) is 12.4 Å². The second-order valence-corrected chi connectivity index (χ2v) is 7.18. The first-order valence-electron chi connectivity index (χ1n) is 9.14. The summed E-state index contributed by atoms with van der Waals surface area (Å²) in [6, 6.07) is 11.5. The van der Waals surface area contributed by atoms with Crippen LogP contribution in [-0.4, -0.2) is 22.1 Å². The van der Waals surface area contributed by atoms with Gasteiger partial charge in [0.15, 0.2) is 11.4 Å². The predicted molar refractivity (Wildman–Crippen MR) is 114 cm³/mol. The summed E-state index contributed by atoms with van der Waals surface area (Å²) in [5.41, 5.74) is 2.29. The van der Waals surface area contributed by atoms with Gasteiger partial charge in [0.05, 0.1) is 21.9 Å². The summed E-state index contributed by atoms with van der Waals surface area (Å²) in [7, 11) is 0. The van der Waals surface area contributed by atoms with Gasteiger partial charge in [-0.3, -0.25) is 24.6 Å². The number of aromatic nitrogens is 1. The summed E-state index contributed by atoms with van der Waals surface area (Å²) in [6.07, 6.45) is 1.28. The summed E-state index contributed by atoms with van der Waals surface area (Å²) < 4.78 is 5.64. The fourth-order valence-electron chi connectivity index (χ4n) is 2.93. The molecule has 0 aliphatic carbocycles. The van der Waals surface area contributed by atoms with Crippen molar-refractivity contribution in [2.45, 2.75) is 26.9 Å². The Morgan fingerprint density at radius 1 is 1.30 bits per heavy atom. The van der Waals surface area contributed by atoms with Crippen molar-refractivity contribution in [3.63, 3.8) is 0 Å². The molecule has 30 heavy (non-hydrogen) atoms. The van der Waals surface area contributed by atoms with E-state index in [1.165, 1.54) is 30.4 Å². The normalized spacial score (nSPS) is 10.5. The number of amides is 1. The average molecular weight is 425 g/mol. The Kier molecular flexibility index (Phi) is 6.53. The van der Waals surface area contributed by atoms with Crippen LogP contribution in [0.2, 0.25) is 0 Å². The van der Waals surface area contributed by atoms with Gasteiger partial charge in [-0.05, 0) is 24.1 Å². The number of ether oxygens (including phenoxy) is 1. The number of hydrogen-bond donors (Lipinski definition) is 0. The van der Waals surface area contributed by atoms with Crippen LogP contribution in [0.25, 0.3) is 0 Å². The summed E-state index contributed by atoms with van der Waals surface area (Å²) >= 11 is 1.31. The number of thiazole rings is 1. The van der Waals surface area contributed by atoms with E-state index < -0.39 is 4.92 Å². The number of hydrogen-bond acceptors (Lipinski definition) is 7. The van der Waals surface area contributed by atoms with Gasteiger partial charge in [-0.2, -0.15) is 0 Å². The average Bonchev–Trinajstić information content (AvgIpc) is 3.20. The third-order valence-electron chi connectivity index (χ3n) is 4.37. The smallest absolute Gasteiger partial charge is 0.270 e. The summed E-state index contributed by atoms with van der Waals surface area (Å²) in [5, 5.41) is 13.1. The number of anilines is 2. The van der Waals surface area contributed by atoms with Crippen molar-refractivity contribution in [3.05, 3.63) is 74.8 Å². The molecule has 0 fully saturated rings. The second-order valence-electron chi connectivity index (χ2n) is 6.34. The number of nitro benzene ring substituents is 1. The Hall–Kier alpha value is -3.59. The van der Waals surface area contributed by atoms with E-state index in [0.29, 0.717) is 17.1 Å². The fourth-order valence-corrected chi connectivity index (χ4v) is 3.79. The van der Waals surface area contributed by atoms with E-state index in [2.05, 4.69) is 4.98 Å². The maximum atomic E-state index is 12.3. The molecular formula is C21H19N3O5S. The van der Waals surface area contributed by atoms with Gasteiger partial charge < -0.3 is 4.74 Å². The van der Waals surface area contributed by atoms with E-state index in [4.69, 9.17) is 4.74 Å². The van der Waals surface area contributed by atoms with Crippen molar-refractivity contribution in [2.75, 3.05) is 4.90 Å². The molecule has 9 heteroatoms. The van der Waals surface area contributed by atoms with E-state index in [1.54, 1.807) is 10.3 Å². The zero-order chi connectivity index (χ0) is 21.7. The van der Waals surface area contributed by atoms with Crippen molar-refractivity contribution in [2.24, 2.45) is 0 Å². The molecule has 1 heterocycles. The van der Waals surface area contributed by atoms with Crippen LogP contribution in [0.1, 0.15) is 35.5 Å². The minimum Gasteiger partial charge on any atom is -0.487 e. The standard InChI is InChI=1S/C21H19N3O5S/c1-3-15-6-4-5-7-19(15)23(14(2)26)21-22-17(13-30-21)12-29-20-9-8-18(24(27)28)10-16(20)11-25/h4-11,13H,3,12H2,1-2H3. The summed E-state index contributed by atoms with van der Waals surface area (Å²) in [4.78, 5) is 39.9. The molecule has 1 amide bonds. The molecule has 0 saturated carbocycles. The van der Waals surface area contributed by atoms with Gasteiger partial charge in [-0.25, -0.2) is 4.98 Å². The largest absolute Gasteiger partial charge is 0.487 e. The first-order chi connectivity index (χ1) is 14.4. The van der Waals surface area contributed by atoms with Crippen molar-refractivity contribution in [3.8, 4) is 5.75 Å². The lowest BCUT2D eigenvalue weighted by Gasteiger charge is -2.21. The van der Waals surface area contributed by atoms with Crippen LogP contribution in [0.5, 0.6) is 5.75 Å². The number of carbonyl (C=O) groups excluding carboxylic acids is 2. The number of rotatable bonds is 8. The molecule has 8 nitrogen and oxygen atoms in total. The number of para-hydroxylation sites is 1. The molecule has 0 aliphatic rings. The van der Waals surface area contributed by atoms with Crippen LogP contribution < -0.4 is 9.64 Å². The zero-order valence-electron chi connectivity index (χ0n) is 16.4. The van der Waals surface area contributed by atoms with Gasteiger partial charge in [-0.1, -0.05) is 25.1 Å². The Labute approximate surface area is 176 Å². The summed E-state index contributed by atoms with van der Waals surface area (Å²) in [6.45, 7) is 3.56. The third-order valence-corrected chi connectivity index (χ3v) is 5.24. The molecule has 0 aliphatic heterocycles. The van der Waals surface area contributed by atoms with Crippen LogP contribution in [0.3, 0.4) is 0 Å². The number of nitro groups is 1. The predicted octanol–water partition coefficient (Wildman–Crippen LogP) is 4.69. The van der Waals surface area contributed by atoms with Crippen LogP contribution in [0.15, 0.2) is 47.8 Å². The highest BCUT2D eigenvalue weighted by molar-refractivity contribution is 7.14. The minimum atomic E-state index is -0.575. The van der Waals surface area contributed by atoms with E-state index in [1.807, 2.05) is 31.2 Å². The van der Waals surface area contributed by atoms with Crippen molar-refractivity contribution in [1.82, 2.24) is 4.98 Å². The molecule has 0 unspecified atom stereocenters. The van der Waals surface area contributed by atoms with E-state index in [0.717, 1.165) is 23.7 Å². The lowest BCUT2D eigenvalue weighted by Crippen LogP contribution is -2.23. The Bertz CT molecular complexity index is 1100. The number of carbonyl (C=O) groups is 2. The van der Waals surface area contributed by atoms with Crippen molar-refractivity contribution < 1.29 is 19.2 Å². The van der Waals surface area contributed by atoms with Crippen molar-refractivity contribution >= 4 is 40.0 Å². The van der Waals surface area contributed by atoms with E-state index >= 15 is 0 Å². The highest BCUT2D eigenvalue weighted by Gasteiger charge is 2.20. The lowest BCUT2D eigenvalue weighted by molar-refractivity contribution is -0.384. The molecule has 3 aromatic rings. The quantitative estimate of drug-likeness (QED) is 0.295. The molecule has 0 spiro atoms. The van der Waals surface area contributed by atoms with Crippen LogP contribution in [0, 0.1) is 10.1 Å². The van der Waals surface area contributed by atoms with Gasteiger partial charge in [0, 0.05) is 24.4 Å². The van der Waals surface area contributed by atoms with Gasteiger partial charge >= 0.3 is 0 Å². The first kappa shape index (κ1) is 21.1. The molecule has 0 N–H and O–H groups in total. The molecule has 2 aromatic carbocycles. The molecule has 0 saturated heterocycles. The summed E-state index contributed by atoms with van der Waals surface area (Å²) in [5.74, 6) is 0.0706.